The lowest BCUT2D eigenvalue weighted by Gasteiger charge is -2.24. The fraction of sp³-hybridized carbons (Fsp3) is 0.917. The molecule has 100 valence electrons. The Kier molecular flexibility index (Phi) is 5.36. The number of primary amides is 1. The summed E-state index contributed by atoms with van der Waals surface area (Å²) in [5, 5.41) is 0. The van der Waals surface area contributed by atoms with Gasteiger partial charge in [-0.25, -0.2) is 0 Å². The van der Waals surface area contributed by atoms with Crippen LogP contribution in [0.5, 0.6) is 0 Å². The van der Waals surface area contributed by atoms with Crippen molar-refractivity contribution >= 4 is 5.91 Å². The summed E-state index contributed by atoms with van der Waals surface area (Å²) in [5.74, 6) is -0.421. The topological polar surface area (TPSA) is 81.6 Å². The molecule has 2 unspecified atom stereocenters. The van der Waals surface area contributed by atoms with Crippen LogP contribution in [0.4, 0.5) is 0 Å². The molecule has 0 bridgehead atoms. The molecule has 0 saturated carbocycles. The molecule has 0 spiro atoms. The highest BCUT2D eigenvalue weighted by molar-refractivity contribution is 5.83. The number of amides is 1. The van der Waals surface area contributed by atoms with Gasteiger partial charge in [-0.2, -0.15) is 0 Å². The SMILES string of the molecule is CN(CCCCC(C)(N)C(N)=O)C1CCOC1. The average Bonchev–Trinajstić information content (AvgIpc) is 2.77. The Morgan fingerprint density at radius 3 is 2.76 bits per heavy atom. The van der Waals surface area contributed by atoms with E-state index in [0.717, 1.165) is 39.0 Å². The van der Waals surface area contributed by atoms with Crippen molar-refractivity contribution < 1.29 is 9.53 Å². The molecule has 1 amide bonds. The molecule has 0 aromatic rings. The highest BCUT2D eigenvalue weighted by atomic mass is 16.5. The van der Waals surface area contributed by atoms with Crippen molar-refractivity contribution in [1.29, 1.82) is 0 Å². The minimum atomic E-state index is -0.866. The number of unbranched alkanes of at least 4 members (excludes halogenated alkanes) is 1. The molecular weight excluding hydrogens is 218 g/mol. The molecule has 0 aliphatic carbocycles. The maximum Gasteiger partial charge on any atom is 0.237 e. The minimum Gasteiger partial charge on any atom is -0.380 e. The number of rotatable bonds is 7. The van der Waals surface area contributed by atoms with Gasteiger partial charge in [0, 0.05) is 12.6 Å². The summed E-state index contributed by atoms with van der Waals surface area (Å²) in [6, 6.07) is 0.551. The molecular formula is C12H25N3O2. The van der Waals surface area contributed by atoms with Gasteiger partial charge in [-0.1, -0.05) is 0 Å². The van der Waals surface area contributed by atoms with Crippen molar-refractivity contribution in [1.82, 2.24) is 4.90 Å². The van der Waals surface area contributed by atoms with Crippen LogP contribution in [0.2, 0.25) is 0 Å². The molecule has 2 atom stereocenters. The quantitative estimate of drug-likeness (QED) is 0.620. The lowest BCUT2D eigenvalue weighted by atomic mass is 9.95. The molecule has 0 aromatic heterocycles. The summed E-state index contributed by atoms with van der Waals surface area (Å²) in [4.78, 5) is 13.4. The summed E-state index contributed by atoms with van der Waals surface area (Å²) < 4.78 is 5.35. The Labute approximate surface area is 103 Å². The van der Waals surface area contributed by atoms with Crippen molar-refractivity contribution in [3.8, 4) is 0 Å². The molecule has 1 heterocycles. The molecule has 1 fully saturated rings. The zero-order chi connectivity index (χ0) is 12.9. The van der Waals surface area contributed by atoms with E-state index in [1.807, 2.05) is 0 Å². The van der Waals surface area contributed by atoms with Gasteiger partial charge < -0.3 is 21.1 Å². The number of hydrogen-bond acceptors (Lipinski definition) is 4. The van der Waals surface area contributed by atoms with E-state index in [1.54, 1.807) is 6.92 Å². The van der Waals surface area contributed by atoms with Gasteiger partial charge in [0.15, 0.2) is 0 Å². The first-order valence-corrected chi connectivity index (χ1v) is 6.30. The van der Waals surface area contributed by atoms with E-state index in [0.29, 0.717) is 12.5 Å². The van der Waals surface area contributed by atoms with Crippen molar-refractivity contribution in [2.45, 2.75) is 44.2 Å². The Morgan fingerprint density at radius 1 is 1.53 bits per heavy atom. The molecule has 1 rings (SSSR count). The zero-order valence-corrected chi connectivity index (χ0v) is 10.9. The van der Waals surface area contributed by atoms with E-state index in [9.17, 15) is 4.79 Å². The van der Waals surface area contributed by atoms with Gasteiger partial charge in [-0.15, -0.1) is 0 Å². The smallest absolute Gasteiger partial charge is 0.237 e. The summed E-state index contributed by atoms with van der Waals surface area (Å²) in [7, 11) is 2.12. The summed E-state index contributed by atoms with van der Waals surface area (Å²) in [6.07, 6.45) is 3.73. The number of nitrogens with two attached hydrogens (primary N) is 2. The van der Waals surface area contributed by atoms with Crippen LogP contribution in [-0.4, -0.2) is 49.2 Å². The largest absolute Gasteiger partial charge is 0.380 e. The summed E-state index contributed by atoms with van der Waals surface area (Å²) in [6.45, 7) is 4.43. The van der Waals surface area contributed by atoms with Gasteiger partial charge in [-0.3, -0.25) is 4.79 Å². The number of carbonyl (C=O) groups is 1. The molecule has 1 saturated heterocycles. The molecule has 1 aliphatic rings. The Hall–Kier alpha value is -0.650. The molecule has 0 radical (unpaired) electrons. The molecule has 1 aliphatic heterocycles. The number of likely N-dealkylation sites (N-methyl/N-ethyl adjacent to an activating group) is 1. The number of ether oxygens (including phenoxy) is 1. The van der Waals surface area contributed by atoms with E-state index < -0.39 is 11.4 Å². The second-order valence-corrected chi connectivity index (χ2v) is 5.24. The highest BCUT2D eigenvalue weighted by Gasteiger charge is 2.25. The second kappa shape index (κ2) is 6.33. The standard InChI is InChI=1S/C12H25N3O2/c1-12(14,11(13)16)6-3-4-7-15(2)10-5-8-17-9-10/h10H,3-9,14H2,1-2H3,(H2,13,16). The lowest BCUT2D eigenvalue weighted by molar-refractivity contribution is -0.122. The van der Waals surface area contributed by atoms with Gasteiger partial charge in [0.05, 0.1) is 12.1 Å². The predicted octanol–water partition coefficient (Wildman–Crippen LogP) is 0.0801. The van der Waals surface area contributed by atoms with Gasteiger partial charge in [0.25, 0.3) is 0 Å². The third kappa shape index (κ3) is 4.61. The Balaban J connectivity index is 2.13. The number of nitrogens with zero attached hydrogens (tertiary/aromatic N) is 1. The van der Waals surface area contributed by atoms with E-state index in [2.05, 4.69) is 11.9 Å². The fourth-order valence-electron chi connectivity index (χ4n) is 2.03. The molecule has 17 heavy (non-hydrogen) atoms. The lowest BCUT2D eigenvalue weighted by Crippen LogP contribution is -2.49. The minimum absolute atomic E-state index is 0.421. The van der Waals surface area contributed by atoms with Crippen molar-refractivity contribution in [3.63, 3.8) is 0 Å². The fourth-order valence-corrected chi connectivity index (χ4v) is 2.03. The first-order valence-electron chi connectivity index (χ1n) is 6.30. The summed E-state index contributed by atoms with van der Waals surface area (Å²) >= 11 is 0. The van der Waals surface area contributed by atoms with Crippen LogP contribution in [-0.2, 0) is 9.53 Å². The number of hydrogen-bond donors (Lipinski definition) is 2. The third-order valence-corrected chi connectivity index (χ3v) is 3.55. The van der Waals surface area contributed by atoms with Crippen LogP contribution in [0.3, 0.4) is 0 Å². The second-order valence-electron chi connectivity index (χ2n) is 5.24. The van der Waals surface area contributed by atoms with Crippen molar-refractivity contribution in [3.05, 3.63) is 0 Å². The van der Waals surface area contributed by atoms with Crippen LogP contribution in [0.1, 0.15) is 32.6 Å². The maximum atomic E-state index is 11.0. The first-order chi connectivity index (χ1) is 7.93. The normalized spacial score (nSPS) is 23.9. The average molecular weight is 243 g/mol. The van der Waals surface area contributed by atoms with Gasteiger partial charge in [0.2, 0.25) is 5.91 Å². The Bertz CT molecular complexity index is 250. The van der Waals surface area contributed by atoms with E-state index in [4.69, 9.17) is 16.2 Å². The van der Waals surface area contributed by atoms with Crippen LogP contribution < -0.4 is 11.5 Å². The van der Waals surface area contributed by atoms with E-state index in [-0.39, 0.29) is 0 Å². The molecule has 5 nitrogen and oxygen atoms in total. The maximum absolute atomic E-state index is 11.0. The van der Waals surface area contributed by atoms with Gasteiger partial charge >= 0.3 is 0 Å². The monoisotopic (exact) mass is 243 g/mol. The van der Waals surface area contributed by atoms with Gasteiger partial charge in [0.1, 0.15) is 0 Å². The van der Waals surface area contributed by atoms with E-state index in [1.165, 1.54) is 0 Å². The van der Waals surface area contributed by atoms with Crippen LogP contribution in [0, 0.1) is 0 Å². The van der Waals surface area contributed by atoms with E-state index >= 15 is 0 Å². The first kappa shape index (κ1) is 14.4. The highest BCUT2D eigenvalue weighted by Crippen LogP contribution is 2.13. The molecule has 4 N–H and O–H groups in total. The van der Waals surface area contributed by atoms with Gasteiger partial charge in [-0.05, 0) is 46.2 Å². The van der Waals surface area contributed by atoms with Crippen molar-refractivity contribution in [2.75, 3.05) is 26.8 Å². The van der Waals surface area contributed by atoms with Crippen LogP contribution in [0.25, 0.3) is 0 Å². The van der Waals surface area contributed by atoms with Crippen molar-refractivity contribution in [2.24, 2.45) is 11.5 Å². The van der Waals surface area contributed by atoms with Crippen LogP contribution in [0.15, 0.2) is 0 Å². The summed E-state index contributed by atoms with van der Waals surface area (Å²) in [5.41, 5.74) is 10.1. The molecule has 5 heteroatoms. The third-order valence-electron chi connectivity index (χ3n) is 3.55. The van der Waals surface area contributed by atoms with Crippen LogP contribution >= 0.6 is 0 Å². The Morgan fingerprint density at radius 2 is 2.24 bits per heavy atom. The molecule has 0 aromatic carbocycles. The number of carbonyl (C=O) groups excluding carboxylic acids is 1. The zero-order valence-electron chi connectivity index (χ0n) is 10.9. The predicted molar refractivity (Wildman–Crippen MR) is 67.5 cm³/mol.